The minimum Gasteiger partial charge on any atom is -0.444 e. The SMILES string of the molecule is Cc1c(NC(=O)c2ccc(CN(CCO)C(=O)OC(C)(C)C)cn2)cccc1-c1nccc(-c2ccc(C=O)c(OC(F)F)n2)c1Cl. The van der Waals surface area contributed by atoms with E-state index >= 15 is 0 Å². The fourth-order valence-corrected chi connectivity index (χ4v) is 4.78. The zero-order valence-electron chi connectivity index (χ0n) is 26.0. The molecule has 2 N–H and O–H groups in total. The Kier molecular flexibility index (Phi) is 11.2. The number of anilines is 1. The van der Waals surface area contributed by atoms with Crippen LogP contribution in [0, 0.1) is 6.92 Å². The number of nitrogens with one attached hydrogen (secondary N) is 1. The van der Waals surface area contributed by atoms with Crippen LogP contribution in [0.2, 0.25) is 5.02 Å². The number of ether oxygens (including phenoxy) is 2. The number of benzene rings is 1. The smallest absolute Gasteiger partial charge is 0.410 e. The van der Waals surface area contributed by atoms with Crippen molar-refractivity contribution in [3.05, 3.63) is 88.3 Å². The second-order valence-electron chi connectivity index (χ2n) is 11.2. The van der Waals surface area contributed by atoms with Crippen LogP contribution in [0.15, 0.2) is 60.9 Å². The van der Waals surface area contributed by atoms with Crippen molar-refractivity contribution in [1.29, 1.82) is 0 Å². The van der Waals surface area contributed by atoms with Gasteiger partial charge in [0.2, 0.25) is 5.88 Å². The monoisotopic (exact) mass is 667 g/mol. The summed E-state index contributed by atoms with van der Waals surface area (Å²) in [4.78, 5) is 51.0. The first-order chi connectivity index (χ1) is 22.3. The van der Waals surface area contributed by atoms with Crippen molar-refractivity contribution in [2.75, 3.05) is 18.5 Å². The van der Waals surface area contributed by atoms with E-state index in [0.717, 1.165) is 0 Å². The Morgan fingerprint density at radius 3 is 2.49 bits per heavy atom. The Balaban J connectivity index is 1.55. The van der Waals surface area contributed by atoms with Crippen LogP contribution >= 0.6 is 11.6 Å². The van der Waals surface area contributed by atoms with Gasteiger partial charge in [0, 0.05) is 35.8 Å². The van der Waals surface area contributed by atoms with Gasteiger partial charge in [0.15, 0.2) is 6.29 Å². The molecule has 0 atom stereocenters. The lowest BCUT2D eigenvalue weighted by Crippen LogP contribution is -2.38. The minimum atomic E-state index is -3.18. The number of carbonyl (C=O) groups is 3. The summed E-state index contributed by atoms with van der Waals surface area (Å²) in [5.74, 6) is -1.02. The van der Waals surface area contributed by atoms with Gasteiger partial charge in [-0.2, -0.15) is 8.78 Å². The van der Waals surface area contributed by atoms with E-state index in [1.54, 1.807) is 58.0 Å². The second-order valence-corrected chi connectivity index (χ2v) is 11.6. The predicted octanol–water partition coefficient (Wildman–Crippen LogP) is 6.56. The van der Waals surface area contributed by atoms with Gasteiger partial charge in [-0.25, -0.2) is 9.78 Å². The number of halogens is 3. The van der Waals surface area contributed by atoms with Crippen molar-refractivity contribution in [2.24, 2.45) is 0 Å². The van der Waals surface area contributed by atoms with Crippen molar-refractivity contribution in [1.82, 2.24) is 19.9 Å². The highest BCUT2D eigenvalue weighted by atomic mass is 35.5. The lowest BCUT2D eigenvalue weighted by atomic mass is 10.0. The molecule has 0 unspecified atom stereocenters. The number of amides is 2. The molecule has 4 aromatic rings. The third kappa shape index (κ3) is 8.83. The van der Waals surface area contributed by atoms with Crippen LogP contribution in [0.4, 0.5) is 19.3 Å². The number of hydrogen-bond acceptors (Lipinski definition) is 9. The molecule has 3 aromatic heterocycles. The summed E-state index contributed by atoms with van der Waals surface area (Å²) in [5.41, 5.74) is 2.45. The molecule has 3 heterocycles. The highest BCUT2D eigenvalue weighted by Gasteiger charge is 2.23. The first-order valence-electron chi connectivity index (χ1n) is 14.3. The normalized spacial score (nSPS) is 11.3. The maximum atomic E-state index is 13.2. The Bertz CT molecular complexity index is 1770. The number of aromatic nitrogens is 3. The number of nitrogens with zero attached hydrogens (tertiary/aromatic N) is 4. The molecule has 0 bridgehead atoms. The third-order valence-corrected chi connectivity index (χ3v) is 7.05. The highest BCUT2D eigenvalue weighted by Crippen LogP contribution is 2.38. The van der Waals surface area contributed by atoms with E-state index < -0.39 is 30.1 Å². The Hall–Kier alpha value is -5.01. The number of alkyl halides is 2. The van der Waals surface area contributed by atoms with Gasteiger partial charge in [0.05, 0.1) is 35.1 Å². The molecular formula is C33H32ClF2N5O6. The van der Waals surface area contributed by atoms with Crippen molar-refractivity contribution in [3.63, 3.8) is 0 Å². The van der Waals surface area contributed by atoms with Crippen LogP contribution in [0.1, 0.15) is 52.7 Å². The fraction of sp³-hybridized carbons (Fsp3) is 0.273. The molecule has 0 saturated carbocycles. The molecule has 246 valence electrons. The molecular weight excluding hydrogens is 636 g/mol. The van der Waals surface area contributed by atoms with Gasteiger partial charge >= 0.3 is 12.7 Å². The van der Waals surface area contributed by atoms with Crippen molar-refractivity contribution in [2.45, 2.75) is 46.5 Å². The summed E-state index contributed by atoms with van der Waals surface area (Å²) in [7, 11) is 0. The van der Waals surface area contributed by atoms with Gasteiger partial charge < -0.3 is 24.8 Å². The maximum Gasteiger partial charge on any atom is 0.410 e. The van der Waals surface area contributed by atoms with Crippen LogP contribution < -0.4 is 10.1 Å². The first-order valence-corrected chi connectivity index (χ1v) is 14.7. The van der Waals surface area contributed by atoms with Crippen molar-refractivity contribution in [3.8, 4) is 28.4 Å². The van der Waals surface area contributed by atoms with Gasteiger partial charge in [-0.1, -0.05) is 29.8 Å². The molecule has 14 heteroatoms. The molecule has 0 spiro atoms. The average Bonchev–Trinajstić information content (AvgIpc) is 3.01. The third-order valence-electron chi connectivity index (χ3n) is 6.67. The molecule has 0 aliphatic carbocycles. The highest BCUT2D eigenvalue weighted by molar-refractivity contribution is 6.35. The van der Waals surface area contributed by atoms with E-state index in [1.165, 1.54) is 35.5 Å². The van der Waals surface area contributed by atoms with E-state index in [2.05, 4.69) is 25.0 Å². The Labute approximate surface area is 274 Å². The van der Waals surface area contributed by atoms with Crippen LogP contribution in [-0.4, -0.2) is 68.6 Å². The van der Waals surface area contributed by atoms with E-state index in [4.69, 9.17) is 16.3 Å². The molecule has 0 aliphatic heterocycles. The summed E-state index contributed by atoms with van der Waals surface area (Å²) in [6, 6.07) is 12.6. The lowest BCUT2D eigenvalue weighted by Gasteiger charge is -2.27. The molecule has 0 aliphatic rings. The largest absolute Gasteiger partial charge is 0.444 e. The van der Waals surface area contributed by atoms with E-state index in [-0.39, 0.29) is 41.7 Å². The number of aliphatic hydroxyl groups is 1. The molecule has 4 rings (SSSR count). The predicted molar refractivity (Wildman–Crippen MR) is 171 cm³/mol. The van der Waals surface area contributed by atoms with Crippen LogP contribution in [0.5, 0.6) is 5.88 Å². The molecule has 0 saturated heterocycles. The van der Waals surface area contributed by atoms with E-state index in [1.807, 2.05) is 0 Å². The zero-order valence-corrected chi connectivity index (χ0v) is 26.7. The average molecular weight is 668 g/mol. The summed E-state index contributed by atoms with van der Waals surface area (Å²) in [6.07, 6.45) is 2.72. The Morgan fingerprint density at radius 2 is 1.85 bits per heavy atom. The molecule has 47 heavy (non-hydrogen) atoms. The molecule has 11 nitrogen and oxygen atoms in total. The van der Waals surface area contributed by atoms with Crippen LogP contribution in [0.3, 0.4) is 0 Å². The summed E-state index contributed by atoms with van der Waals surface area (Å²) >= 11 is 6.75. The van der Waals surface area contributed by atoms with Crippen molar-refractivity contribution < 1.29 is 37.7 Å². The van der Waals surface area contributed by atoms with Crippen LogP contribution in [0.25, 0.3) is 22.5 Å². The number of rotatable bonds is 11. The standard InChI is InChI=1S/C33H32ClF2N5O6/c1-19-22(28-27(34)23(12-13-37-28)25-11-9-21(18-43)30(40-25)46-31(35)36)6-5-7-24(19)39-29(44)26-10-8-20(16-38-26)17-41(14-15-42)32(45)47-33(2,3)4/h5-13,16,18,31,42H,14-15,17H2,1-4H3,(H,39,44). The number of pyridine rings is 3. The van der Waals surface area contributed by atoms with E-state index in [9.17, 15) is 28.3 Å². The van der Waals surface area contributed by atoms with Gasteiger partial charge in [-0.3, -0.25) is 19.6 Å². The lowest BCUT2D eigenvalue weighted by molar-refractivity contribution is -0.0530. The van der Waals surface area contributed by atoms with Gasteiger partial charge in [0.25, 0.3) is 5.91 Å². The summed E-state index contributed by atoms with van der Waals surface area (Å²) in [6.45, 7) is 3.76. The minimum absolute atomic E-state index is 0.0612. The molecule has 2 amide bonds. The molecule has 0 radical (unpaired) electrons. The number of hydrogen-bond donors (Lipinski definition) is 2. The number of aldehydes is 1. The zero-order chi connectivity index (χ0) is 34.3. The topological polar surface area (TPSA) is 144 Å². The quantitative estimate of drug-likeness (QED) is 0.170. The van der Waals surface area contributed by atoms with Crippen LogP contribution in [-0.2, 0) is 11.3 Å². The summed E-state index contributed by atoms with van der Waals surface area (Å²) < 4.78 is 35.6. The van der Waals surface area contributed by atoms with Gasteiger partial charge in [0.1, 0.15) is 11.3 Å². The number of aliphatic hydroxyl groups excluding tert-OH is 1. The van der Waals surface area contributed by atoms with Crippen molar-refractivity contribution >= 4 is 35.6 Å². The van der Waals surface area contributed by atoms with E-state index in [0.29, 0.717) is 39.9 Å². The van der Waals surface area contributed by atoms with Gasteiger partial charge in [-0.15, -0.1) is 0 Å². The number of carbonyl (C=O) groups excluding carboxylic acids is 3. The molecule has 1 aromatic carbocycles. The summed E-state index contributed by atoms with van der Waals surface area (Å²) in [5, 5.41) is 12.4. The first kappa shape index (κ1) is 34.9. The Morgan fingerprint density at radius 1 is 1.09 bits per heavy atom. The second kappa shape index (κ2) is 15.1. The van der Waals surface area contributed by atoms with Gasteiger partial charge in [-0.05, 0) is 69.2 Å². The molecule has 0 fully saturated rings. The fourth-order valence-electron chi connectivity index (χ4n) is 4.47. The maximum absolute atomic E-state index is 13.2.